The van der Waals surface area contributed by atoms with Crippen molar-refractivity contribution in [2.24, 2.45) is 5.73 Å². The number of pyridine rings is 1. The Bertz CT molecular complexity index is 1650. The molecule has 2 aromatic carbocycles. The molecule has 0 saturated heterocycles. The zero-order chi connectivity index (χ0) is 24.4. The summed E-state index contributed by atoms with van der Waals surface area (Å²) in [5, 5.41) is 25.1. The molecule has 0 atom stereocenters. The lowest BCUT2D eigenvalue weighted by Gasteiger charge is -2.49. The second-order valence-electron chi connectivity index (χ2n) is 9.89. The molecule has 0 unspecified atom stereocenters. The van der Waals surface area contributed by atoms with E-state index in [0.29, 0.717) is 24.1 Å². The van der Waals surface area contributed by atoms with Gasteiger partial charge < -0.3 is 10.8 Å². The summed E-state index contributed by atoms with van der Waals surface area (Å²) in [6, 6.07) is 21.8. The third-order valence-electron chi connectivity index (χ3n) is 6.81. The second kappa shape index (κ2) is 7.44. The summed E-state index contributed by atoms with van der Waals surface area (Å²) in [6.07, 6.45) is 2.87. The molecule has 35 heavy (non-hydrogen) atoms. The molecule has 5 aromatic rings. The van der Waals surface area contributed by atoms with E-state index in [9.17, 15) is 10.4 Å². The number of nitrogens with zero attached hydrogens (tertiary/aromatic N) is 5. The maximum absolute atomic E-state index is 10.2. The number of hydrogen-bond donors (Lipinski definition) is 2. The van der Waals surface area contributed by atoms with Crippen LogP contribution in [0.1, 0.15) is 36.6 Å². The third kappa shape index (κ3) is 3.55. The van der Waals surface area contributed by atoms with E-state index in [-0.39, 0.29) is 0 Å². The number of nitrogens with two attached hydrogens (primary N) is 1. The van der Waals surface area contributed by atoms with Gasteiger partial charge in [-0.2, -0.15) is 14.9 Å². The van der Waals surface area contributed by atoms with Gasteiger partial charge in [-0.25, -0.2) is 9.97 Å². The van der Waals surface area contributed by atoms with Crippen LogP contribution < -0.4 is 5.73 Å². The lowest BCUT2D eigenvalue weighted by Crippen LogP contribution is -2.58. The van der Waals surface area contributed by atoms with Gasteiger partial charge >= 0.3 is 0 Å². The van der Waals surface area contributed by atoms with Gasteiger partial charge in [-0.05, 0) is 56.0 Å². The molecule has 7 nitrogen and oxygen atoms in total. The molecule has 3 heterocycles. The maximum Gasteiger partial charge on any atom is 0.165 e. The summed E-state index contributed by atoms with van der Waals surface area (Å²) in [4.78, 5) is 9.62. The smallest absolute Gasteiger partial charge is 0.165 e. The molecule has 1 aliphatic carbocycles. The number of rotatable bonds is 3. The number of benzene rings is 2. The Kier molecular flexibility index (Phi) is 4.55. The van der Waals surface area contributed by atoms with Gasteiger partial charge in [0.1, 0.15) is 0 Å². The van der Waals surface area contributed by atoms with Crippen LogP contribution in [-0.4, -0.2) is 30.3 Å². The van der Waals surface area contributed by atoms with Crippen LogP contribution in [0.3, 0.4) is 0 Å². The molecule has 0 aliphatic heterocycles. The zero-order valence-electron chi connectivity index (χ0n) is 19.5. The second-order valence-corrected chi connectivity index (χ2v) is 9.89. The largest absolute Gasteiger partial charge is 0.390 e. The van der Waals surface area contributed by atoms with Crippen LogP contribution in [0, 0.1) is 18.3 Å². The summed E-state index contributed by atoms with van der Waals surface area (Å²) in [6.45, 7) is 3.75. The summed E-state index contributed by atoms with van der Waals surface area (Å²) >= 11 is 0. The highest BCUT2D eigenvalue weighted by Gasteiger charge is 2.49. The summed E-state index contributed by atoms with van der Waals surface area (Å²) in [7, 11) is 0. The van der Waals surface area contributed by atoms with Gasteiger partial charge in [0.25, 0.3) is 0 Å². The van der Waals surface area contributed by atoms with Crippen LogP contribution in [-0.2, 0) is 5.54 Å². The van der Waals surface area contributed by atoms with Crippen molar-refractivity contribution in [3.8, 4) is 28.5 Å². The SMILES string of the molecule is Cc1cc2ncc3cc(-c4cccc(C#N)c4)c(-c4ccc(C5(N)CC(C)(O)C5)cc4)nc3n2n1. The molecule has 6 rings (SSSR count). The fraction of sp³-hybridized carbons (Fsp3) is 0.214. The van der Waals surface area contributed by atoms with Crippen molar-refractivity contribution < 1.29 is 5.11 Å². The fourth-order valence-electron chi connectivity index (χ4n) is 5.32. The highest BCUT2D eigenvalue weighted by atomic mass is 16.3. The average molecular weight is 461 g/mol. The van der Waals surface area contributed by atoms with Crippen LogP contribution >= 0.6 is 0 Å². The van der Waals surface area contributed by atoms with Crippen LogP contribution in [0.2, 0.25) is 0 Å². The highest BCUT2D eigenvalue weighted by molar-refractivity contribution is 5.91. The molecule has 1 fully saturated rings. The van der Waals surface area contributed by atoms with Gasteiger partial charge in [0, 0.05) is 34.3 Å². The predicted molar refractivity (Wildman–Crippen MR) is 134 cm³/mol. The van der Waals surface area contributed by atoms with E-state index in [0.717, 1.165) is 44.7 Å². The Balaban J connectivity index is 1.55. The molecule has 0 radical (unpaired) electrons. The predicted octanol–water partition coefficient (Wildman–Crippen LogP) is 4.49. The number of aliphatic hydroxyl groups is 1. The average Bonchev–Trinajstić information content (AvgIpc) is 3.23. The minimum absolute atomic E-state index is 0.521. The molecular weight excluding hydrogens is 436 g/mol. The quantitative estimate of drug-likeness (QED) is 0.410. The Labute approximate surface area is 202 Å². The lowest BCUT2D eigenvalue weighted by molar-refractivity contribution is -0.0738. The van der Waals surface area contributed by atoms with Crippen molar-refractivity contribution in [3.05, 3.63) is 83.7 Å². The van der Waals surface area contributed by atoms with Gasteiger partial charge in [-0.3, -0.25) is 0 Å². The minimum Gasteiger partial charge on any atom is -0.390 e. The molecule has 3 aromatic heterocycles. The Hall–Kier alpha value is -4.12. The molecule has 7 heteroatoms. The van der Waals surface area contributed by atoms with Crippen molar-refractivity contribution in [2.45, 2.75) is 37.8 Å². The van der Waals surface area contributed by atoms with Gasteiger partial charge in [0.15, 0.2) is 11.3 Å². The fourth-order valence-corrected chi connectivity index (χ4v) is 5.32. The van der Waals surface area contributed by atoms with E-state index >= 15 is 0 Å². The van der Waals surface area contributed by atoms with E-state index < -0.39 is 11.1 Å². The number of aromatic nitrogens is 4. The first-order valence-corrected chi connectivity index (χ1v) is 11.5. The molecule has 1 saturated carbocycles. The Morgan fingerprint density at radius 3 is 2.54 bits per heavy atom. The van der Waals surface area contributed by atoms with Crippen LogP contribution in [0.4, 0.5) is 0 Å². The Morgan fingerprint density at radius 1 is 1.06 bits per heavy atom. The van der Waals surface area contributed by atoms with Gasteiger partial charge in [-0.15, -0.1) is 0 Å². The molecule has 1 aliphatic rings. The van der Waals surface area contributed by atoms with E-state index in [4.69, 9.17) is 10.7 Å². The summed E-state index contributed by atoms with van der Waals surface area (Å²) < 4.78 is 1.77. The molecule has 0 amide bonds. The van der Waals surface area contributed by atoms with Crippen LogP contribution in [0.25, 0.3) is 39.1 Å². The first-order valence-electron chi connectivity index (χ1n) is 11.5. The van der Waals surface area contributed by atoms with E-state index in [1.807, 2.05) is 68.6 Å². The first kappa shape index (κ1) is 21.4. The Morgan fingerprint density at radius 2 is 1.83 bits per heavy atom. The topological polar surface area (TPSA) is 113 Å². The van der Waals surface area contributed by atoms with Crippen molar-refractivity contribution in [1.82, 2.24) is 19.6 Å². The van der Waals surface area contributed by atoms with Gasteiger partial charge in [0.05, 0.1) is 28.6 Å². The number of hydrogen-bond acceptors (Lipinski definition) is 6. The van der Waals surface area contributed by atoms with Crippen molar-refractivity contribution in [2.75, 3.05) is 0 Å². The van der Waals surface area contributed by atoms with E-state index in [2.05, 4.69) is 22.2 Å². The first-order chi connectivity index (χ1) is 16.7. The number of aryl methyl sites for hydroxylation is 1. The van der Waals surface area contributed by atoms with Crippen molar-refractivity contribution >= 4 is 16.7 Å². The van der Waals surface area contributed by atoms with Crippen molar-refractivity contribution in [1.29, 1.82) is 5.26 Å². The van der Waals surface area contributed by atoms with Gasteiger partial charge in [-0.1, -0.05) is 36.4 Å². The maximum atomic E-state index is 10.2. The summed E-state index contributed by atoms with van der Waals surface area (Å²) in [5.41, 5.74) is 12.7. The standard InChI is InChI=1S/C28H24N6O/c1-17-10-24-31-14-21-12-23(20-5-3-4-18(11-20)13-29)25(32-26(21)34(24)33-17)19-6-8-22(9-7-19)28(30)15-27(2,35)16-28/h3-12,14,35H,15-16,30H2,1-2H3. The highest BCUT2D eigenvalue weighted by Crippen LogP contribution is 2.46. The molecular formula is C28H24N6O. The minimum atomic E-state index is -0.715. The third-order valence-corrected chi connectivity index (χ3v) is 6.81. The van der Waals surface area contributed by atoms with E-state index in [1.54, 1.807) is 10.6 Å². The van der Waals surface area contributed by atoms with Gasteiger partial charge in [0.2, 0.25) is 0 Å². The molecule has 3 N–H and O–H groups in total. The van der Waals surface area contributed by atoms with Crippen LogP contribution in [0.5, 0.6) is 0 Å². The molecule has 172 valence electrons. The molecule has 0 spiro atoms. The summed E-state index contributed by atoms with van der Waals surface area (Å²) in [5.74, 6) is 0. The van der Waals surface area contributed by atoms with Crippen LogP contribution in [0.15, 0.2) is 66.9 Å². The number of nitriles is 1. The molecule has 0 bridgehead atoms. The lowest BCUT2D eigenvalue weighted by atomic mass is 9.63. The van der Waals surface area contributed by atoms with E-state index in [1.165, 1.54) is 0 Å². The normalized spacial score (nSPS) is 21.7. The number of fused-ring (bicyclic) bond motifs is 3. The monoisotopic (exact) mass is 460 g/mol. The van der Waals surface area contributed by atoms with Crippen molar-refractivity contribution in [3.63, 3.8) is 0 Å². The zero-order valence-corrected chi connectivity index (χ0v) is 19.5.